The molecule has 6 atom stereocenters. The van der Waals surface area contributed by atoms with E-state index in [4.69, 9.17) is 14.2 Å². The second-order valence-electron chi connectivity index (χ2n) is 8.37. The topological polar surface area (TPSA) is 126 Å². The number of aliphatic hydroxyl groups is 4. The number of esters is 1. The Morgan fingerprint density at radius 2 is 1.64 bits per heavy atom. The molecule has 1 saturated heterocycles. The van der Waals surface area contributed by atoms with Crippen LogP contribution in [-0.2, 0) is 33.7 Å². The van der Waals surface area contributed by atoms with Gasteiger partial charge in [-0.1, -0.05) is 43.3 Å². The van der Waals surface area contributed by atoms with Crippen LogP contribution in [0.1, 0.15) is 43.0 Å². The summed E-state index contributed by atoms with van der Waals surface area (Å²) in [6.45, 7) is 4.87. The summed E-state index contributed by atoms with van der Waals surface area (Å²) in [7, 11) is 0. The Hall–Kier alpha value is -2.49. The number of aliphatic hydroxyl groups excluding tert-OH is 4. The number of aryl methyl sites for hydroxylation is 1. The molecule has 3 rings (SSSR count). The molecular weight excluding hydrogens is 428 g/mol. The summed E-state index contributed by atoms with van der Waals surface area (Å²) in [4.78, 5) is 11.2. The van der Waals surface area contributed by atoms with Gasteiger partial charge < -0.3 is 34.6 Å². The number of ether oxygens (including phenoxy) is 3. The van der Waals surface area contributed by atoms with Crippen molar-refractivity contribution >= 4 is 5.97 Å². The second kappa shape index (κ2) is 11.1. The van der Waals surface area contributed by atoms with Gasteiger partial charge in [0.2, 0.25) is 6.29 Å². The summed E-state index contributed by atoms with van der Waals surface area (Å²) < 4.78 is 16.6. The zero-order chi connectivity index (χ0) is 24.1. The number of hydrogen-bond acceptors (Lipinski definition) is 8. The van der Waals surface area contributed by atoms with Gasteiger partial charge in [0, 0.05) is 13.3 Å². The Morgan fingerprint density at radius 3 is 2.24 bits per heavy atom. The van der Waals surface area contributed by atoms with Crippen molar-refractivity contribution in [3.05, 3.63) is 64.7 Å². The van der Waals surface area contributed by atoms with Crippen LogP contribution in [-0.4, -0.2) is 63.2 Å². The van der Waals surface area contributed by atoms with Crippen molar-refractivity contribution in [3.8, 4) is 5.75 Å². The van der Waals surface area contributed by atoms with Crippen LogP contribution in [0.2, 0.25) is 0 Å². The molecule has 0 aromatic heterocycles. The van der Waals surface area contributed by atoms with Crippen molar-refractivity contribution in [2.24, 2.45) is 0 Å². The summed E-state index contributed by atoms with van der Waals surface area (Å²) in [5.41, 5.74) is 3.73. The molecule has 1 fully saturated rings. The van der Waals surface area contributed by atoms with E-state index in [2.05, 4.69) is 19.1 Å². The Balaban J connectivity index is 1.88. The van der Waals surface area contributed by atoms with E-state index in [9.17, 15) is 25.2 Å². The molecule has 2 aromatic carbocycles. The molecule has 2 aromatic rings. The van der Waals surface area contributed by atoms with Crippen LogP contribution in [0.3, 0.4) is 0 Å². The van der Waals surface area contributed by atoms with Crippen molar-refractivity contribution in [2.45, 2.75) is 77.0 Å². The number of rotatable bonds is 8. The van der Waals surface area contributed by atoms with E-state index in [1.807, 2.05) is 24.3 Å². The molecule has 1 aliphatic rings. The molecule has 0 bridgehead atoms. The summed E-state index contributed by atoms with van der Waals surface area (Å²) in [5, 5.41) is 40.7. The van der Waals surface area contributed by atoms with Gasteiger partial charge in [-0.05, 0) is 41.7 Å². The van der Waals surface area contributed by atoms with Crippen LogP contribution in [0, 0.1) is 0 Å². The van der Waals surface area contributed by atoms with Crippen molar-refractivity contribution in [3.63, 3.8) is 0 Å². The summed E-state index contributed by atoms with van der Waals surface area (Å²) in [6, 6.07) is 13.5. The number of carbonyl (C=O) groups is 1. The fourth-order valence-corrected chi connectivity index (χ4v) is 3.74. The molecule has 0 radical (unpaired) electrons. The molecule has 0 aliphatic carbocycles. The minimum atomic E-state index is -1.56. The fraction of sp³-hybridized carbons (Fsp3) is 0.480. The fourth-order valence-electron chi connectivity index (χ4n) is 3.74. The van der Waals surface area contributed by atoms with Crippen LogP contribution in [0.5, 0.6) is 5.75 Å². The summed E-state index contributed by atoms with van der Waals surface area (Å²) in [6.07, 6.45) is -6.65. The van der Waals surface area contributed by atoms with E-state index in [0.717, 1.165) is 17.5 Å². The van der Waals surface area contributed by atoms with Gasteiger partial charge in [0.05, 0.1) is 6.10 Å². The first kappa shape index (κ1) is 25.1. The third kappa shape index (κ3) is 6.31. The van der Waals surface area contributed by atoms with Crippen LogP contribution in [0.4, 0.5) is 0 Å². The highest BCUT2D eigenvalue weighted by atomic mass is 16.7. The van der Waals surface area contributed by atoms with Crippen LogP contribution in [0.25, 0.3) is 0 Å². The molecular formula is C25H32O8. The lowest BCUT2D eigenvalue weighted by Gasteiger charge is -2.41. The Bertz CT molecular complexity index is 927. The largest absolute Gasteiger partial charge is 0.462 e. The molecule has 4 N–H and O–H groups in total. The maximum absolute atomic E-state index is 11.2. The van der Waals surface area contributed by atoms with E-state index in [-0.39, 0.29) is 6.61 Å². The van der Waals surface area contributed by atoms with Gasteiger partial charge in [-0.3, -0.25) is 4.79 Å². The maximum Gasteiger partial charge on any atom is 0.302 e. The van der Waals surface area contributed by atoms with E-state index >= 15 is 0 Å². The Labute approximate surface area is 193 Å². The normalized spacial score (nSPS) is 26.0. The van der Waals surface area contributed by atoms with E-state index in [0.29, 0.717) is 17.7 Å². The van der Waals surface area contributed by atoms with Crippen LogP contribution in [0.15, 0.2) is 42.5 Å². The van der Waals surface area contributed by atoms with Crippen molar-refractivity contribution in [1.82, 2.24) is 0 Å². The third-order valence-corrected chi connectivity index (χ3v) is 5.72. The summed E-state index contributed by atoms with van der Waals surface area (Å²) >= 11 is 0. The average Bonchev–Trinajstić information content (AvgIpc) is 2.79. The molecule has 8 heteroatoms. The molecule has 1 heterocycles. The van der Waals surface area contributed by atoms with E-state index < -0.39 is 42.8 Å². The lowest BCUT2D eigenvalue weighted by molar-refractivity contribution is -0.286. The van der Waals surface area contributed by atoms with Crippen molar-refractivity contribution in [2.75, 3.05) is 0 Å². The van der Waals surface area contributed by atoms with Crippen molar-refractivity contribution in [1.29, 1.82) is 0 Å². The van der Waals surface area contributed by atoms with E-state index in [1.165, 1.54) is 19.4 Å². The van der Waals surface area contributed by atoms with Gasteiger partial charge in [-0.15, -0.1) is 0 Å². The number of benzene rings is 2. The zero-order valence-corrected chi connectivity index (χ0v) is 19.0. The monoisotopic (exact) mass is 460 g/mol. The lowest BCUT2D eigenvalue weighted by atomic mass is 9.96. The highest BCUT2D eigenvalue weighted by Crippen LogP contribution is 2.30. The zero-order valence-electron chi connectivity index (χ0n) is 19.0. The van der Waals surface area contributed by atoms with E-state index in [1.54, 1.807) is 6.07 Å². The molecule has 33 heavy (non-hydrogen) atoms. The highest BCUT2D eigenvalue weighted by Gasteiger charge is 2.46. The van der Waals surface area contributed by atoms with Crippen LogP contribution >= 0.6 is 0 Å². The predicted molar refractivity (Wildman–Crippen MR) is 120 cm³/mol. The van der Waals surface area contributed by atoms with Crippen LogP contribution < -0.4 is 4.74 Å². The first-order valence-corrected chi connectivity index (χ1v) is 11.1. The standard InChI is InChI=1S/C25H32O8/c1-4-16-5-7-17(8-6-16)11-19-10-9-18(13-31-15(3)27)12-20(19)32-25-23(30)21(28)22(29)24(33-25)14(2)26/h5-10,12,14,21-26,28-30H,4,11,13H2,1-3H3/t14-,21-,22-,23+,24+,25+/m0/s1. The quantitative estimate of drug-likeness (QED) is 0.437. The first-order valence-electron chi connectivity index (χ1n) is 11.1. The van der Waals surface area contributed by atoms with Gasteiger partial charge in [-0.2, -0.15) is 0 Å². The average molecular weight is 461 g/mol. The molecule has 180 valence electrons. The summed E-state index contributed by atoms with van der Waals surface area (Å²) in [5.74, 6) is -0.0447. The van der Waals surface area contributed by atoms with Crippen molar-refractivity contribution < 1.29 is 39.4 Å². The molecule has 1 aliphatic heterocycles. The maximum atomic E-state index is 11.2. The molecule has 0 saturated carbocycles. The number of carbonyl (C=O) groups excluding carboxylic acids is 1. The molecule has 0 amide bonds. The number of hydrogen-bond donors (Lipinski definition) is 4. The Kier molecular flexibility index (Phi) is 8.45. The molecule has 8 nitrogen and oxygen atoms in total. The van der Waals surface area contributed by atoms with Gasteiger partial charge in [-0.25, -0.2) is 0 Å². The smallest absolute Gasteiger partial charge is 0.302 e. The third-order valence-electron chi connectivity index (χ3n) is 5.72. The first-order chi connectivity index (χ1) is 15.7. The second-order valence-corrected chi connectivity index (χ2v) is 8.37. The lowest BCUT2D eigenvalue weighted by Crippen LogP contribution is -2.61. The minimum absolute atomic E-state index is 0.0445. The highest BCUT2D eigenvalue weighted by molar-refractivity contribution is 5.66. The SMILES string of the molecule is CCc1ccc(Cc2ccc(COC(C)=O)cc2O[C@@H]2O[C@H]([C@H](C)O)[C@@H](O)[C@H](O)[C@H]2O)cc1. The van der Waals surface area contributed by atoms with Gasteiger partial charge in [0.1, 0.15) is 36.8 Å². The molecule has 0 spiro atoms. The Morgan fingerprint density at radius 1 is 1.00 bits per heavy atom. The minimum Gasteiger partial charge on any atom is -0.462 e. The van der Waals surface area contributed by atoms with Gasteiger partial charge in [0.15, 0.2) is 0 Å². The van der Waals surface area contributed by atoms with Gasteiger partial charge in [0.25, 0.3) is 0 Å². The van der Waals surface area contributed by atoms with Gasteiger partial charge >= 0.3 is 5.97 Å². The molecule has 0 unspecified atom stereocenters. The predicted octanol–water partition coefficient (Wildman–Crippen LogP) is 1.47.